The summed E-state index contributed by atoms with van der Waals surface area (Å²) in [5.41, 5.74) is -0.779. The number of amides is 1. The van der Waals surface area contributed by atoms with Crippen LogP contribution in [0.2, 0.25) is 5.15 Å². The summed E-state index contributed by atoms with van der Waals surface area (Å²) in [5, 5.41) is 15.1. The Kier molecular flexibility index (Phi) is 4.64. The van der Waals surface area contributed by atoms with Gasteiger partial charge in [-0.25, -0.2) is 4.79 Å². The maximum Gasteiger partial charge on any atom is 0.380 e. The molecule has 3 rings (SSSR count). The molecular weight excluding hydrogens is 426 g/mol. The van der Waals surface area contributed by atoms with E-state index in [1.807, 2.05) is 0 Å². The number of ether oxygens (including phenoxy) is 1. The second-order valence-electron chi connectivity index (χ2n) is 4.19. The molecule has 12 heteroatoms. The summed E-state index contributed by atoms with van der Waals surface area (Å²) >= 11 is 10.1. The van der Waals surface area contributed by atoms with Crippen molar-refractivity contribution in [3.8, 4) is 10.9 Å². The SMILES string of the molecule is COc1c(Br)cc(C(=O)Nc2nnc(-n3nccc3Cl)s2)oc1=O. The van der Waals surface area contributed by atoms with E-state index in [1.54, 1.807) is 6.07 Å². The molecule has 0 fully saturated rings. The van der Waals surface area contributed by atoms with E-state index >= 15 is 0 Å². The second-order valence-corrected chi connectivity index (χ2v) is 6.39. The highest BCUT2D eigenvalue weighted by atomic mass is 79.9. The molecule has 24 heavy (non-hydrogen) atoms. The van der Waals surface area contributed by atoms with Gasteiger partial charge in [0, 0.05) is 6.07 Å². The van der Waals surface area contributed by atoms with Crippen molar-refractivity contribution in [3.05, 3.63) is 44.1 Å². The number of nitrogens with zero attached hydrogens (tertiary/aromatic N) is 4. The quantitative estimate of drug-likeness (QED) is 0.673. The smallest absolute Gasteiger partial charge is 0.380 e. The molecule has 0 radical (unpaired) electrons. The van der Waals surface area contributed by atoms with Crippen molar-refractivity contribution in [3.63, 3.8) is 0 Å². The van der Waals surface area contributed by atoms with Crippen LogP contribution >= 0.6 is 38.9 Å². The molecule has 0 aliphatic rings. The normalized spacial score (nSPS) is 10.6. The molecule has 0 aliphatic heterocycles. The van der Waals surface area contributed by atoms with E-state index in [0.29, 0.717) is 14.8 Å². The number of aromatic nitrogens is 4. The fourth-order valence-corrected chi connectivity index (χ4v) is 3.16. The Hall–Kier alpha value is -2.24. The first kappa shape index (κ1) is 16.6. The van der Waals surface area contributed by atoms with Crippen LogP contribution in [-0.2, 0) is 0 Å². The Morgan fingerprint density at radius 2 is 2.29 bits per heavy atom. The van der Waals surface area contributed by atoms with Crippen molar-refractivity contribution >= 4 is 49.9 Å². The van der Waals surface area contributed by atoms with Gasteiger partial charge in [0.05, 0.1) is 17.8 Å². The molecule has 1 amide bonds. The van der Waals surface area contributed by atoms with Gasteiger partial charge in [0.2, 0.25) is 16.0 Å². The van der Waals surface area contributed by atoms with Crippen LogP contribution in [0.15, 0.2) is 32.0 Å². The molecule has 0 aliphatic carbocycles. The van der Waals surface area contributed by atoms with Crippen LogP contribution in [-0.4, -0.2) is 33.0 Å². The number of hydrogen-bond acceptors (Lipinski definition) is 8. The standard InChI is InChI=1S/C12H7BrClN5O4S/c1-22-8-5(13)4-6(23-10(8)21)9(20)16-11-17-18-12(24-11)19-7(14)2-3-15-19/h2-4H,1H3,(H,16,17,20). The molecule has 0 spiro atoms. The van der Waals surface area contributed by atoms with E-state index in [1.165, 1.54) is 24.1 Å². The van der Waals surface area contributed by atoms with Crippen LogP contribution in [0.3, 0.4) is 0 Å². The topological polar surface area (TPSA) is 112 Å². The average Bonchev–Trinajstić information content (AvgIpc) is 3.15. The van der Waals surface area contributed by atoms with Gasteiger partial charge >= 0.3 is 5.63 Å². The van der Waals surface area contributed by atoms with Crippen molar-refractivity contribution in [2.75, 3.05) is 12.4 Å². The van der Waals surface area contributed by atoms with E-state index in [-0.39, 0.29) is 16.6 Å². The molecule has 1 N–H and O–H groups in total. The number of anilines is 1. The van der Waals surface area contributed by atoms with E-state index < -0.39 is 11.5 Å². The lowest BCUT2D eigenvalue weighted by atomic mass is 10.3. The summed E-state index contributed by atoms with van der Waals surface area (Å²) < 4.78 is 11.4. The summed E-state index contributed by atoms with van der Waals surface area (Å²) in [6, 6.07) is 2.91. The van der Waals surface area contributed by atoms with Crippen molar-refractivity contribution in [2.24, 2.45) is 0 Å². The maximum absolute atomic E-state index is 12.2. The van der Waals surface area contributed by atoms with Gasteiger partial charge in [0.25, 0.3) is 5.91 Å². The second kappa shape index (κ2) is 6.71. The minimum atomic E-state index is -0.779. The molecule has 124 valence electrons. The number of carbonyl (C=O) groups is 1. The molecule has 3 aromatic rings. The molecule has 3 heterocycles. The summed E-state index contributed by atoms with van der Waals surface area (Å²) in [5.74, 6) is -0.899. The van der Waals surface area contributed by atoms with E-state index in [4.69, 9.17) is 20.8 Å². The molecule has 3 aromatic heterocycles. The average molecular weight is 433 g/mol. The third kappa shape index (κ3) is 3.18. The van der Waals surface area contributed by atoms with Crippen LogP contribution in [0.25, 0.3) is 5.13 Å². The molecule has 0 saturated heterocycles. The van der Waals surface area contributed by atoms with E-state index in [9.17, 15) is 9.59 Å². The molecule has 0 saturated carbocycles. The first-order chi connectivity index (χ1) is 11.5. The third-order valence-corrected chi connectivity index (χ3v) is 4.39. The van der Waals surface area contributed by atoms with Crippen LogP contribution in [0.1, 0.15) is 10.6 Å². The van der Waals surface area contributed by atoms with Gasteiger partial charge < -0.3 is 9.15 Å². The number of nitrogens with one attached hydrogen (secondary N) is 1. The molecule has 0 aromatic carbocycles. The fourth-order valence-electron chi connectivity index (χ4n) is 1.68. The van der Waals surface area contributed by atoms with Crippen LogP contribution in [0.4, 0.5) is 5.13 Å². The largest absolute Gasteiger partial charge is 0.489 e. The zero-order valence-corrected chi connectivity index (χ0v) is 15.0. The van der Waals surface area contributed by atoms with Gasteiger partial charge in [-0.2, -0.15) is 9.78 Å². The number of halogens is 2. The predicted molar refractivity (Wildman–Crippen MR) is 89.2 cm³/mol. The summed E-state index contributed by atoms with van der Waals surface area (Å²) in [7, 11) is 1.32. The predicted octanol–water partition coefficient (Wildman–Crippen LogP) is 2.35. The zero-order chi connectivity index (χ0) is 17.3. The molecule has 0 bridgehead atoms. The first-order valence-electron chi connectivity index (χ1n) is 6.22. The van der Waals surface area contributed by atoms with Gasteiger partial charge in [-0.3, -0.25) is 10.1 Å². The molecule has 0 unspecified atom stereocenters. The lowest BCUT2D eigenvalue weighted by Crippen LogP contribution is -2.15. The molecule has 0 atom stereocenters. The number of rotatable bonds is 4. The minimum absolute atomic E-state index is 0.0296. The van der Waals surface area contributed by atoms with Crippen LogP contribution in [0.5, 0.6) is 5.75 Å². The van der Waals surface area contributed by atoms with Crippen molar-refractivity contribution in [1.82, 2.24) is 20.0 Å². The Balaban J connectivity index is 1.82. The minimum Gasteiger partial charge on any atom is -0.489 e. The van der Waals surface area contributed by atoms with Crippen molar-refractivity contribution < 1.29 is 13.9 Å². The fraction of sp³-hybridized carbons (Fsp3) is 0.0833. The van der Waals surface area contributed by atoms with Crippen molar-refractivity contribution in [1.29, 1.82) is 0 Å². The van der Waals surface area contributed by atoms with E-state index in [0.717, 1.165) is 11.3 Å². The van der Waals surface area contributed by atoms with Gasteiger partial charge in [-0.05, 0) is 22.0 Å². The van der Waals surface area contributed by atoms with Gasteiger partial charge in [0.15, 0.2) is 5.76 Å². The van der Waals surface area contributed by atoms with Crippen molar-refractivity contribution in [2.45, 2.75) is 0 Å². The highest BCUT2D eigenvalue weighted by Crippen LogP contribution is 2.24. The molecular formula is C12H7BrClN5O4S. The Labute approximate surface area is 151 Å². The Bertz CT molecular complexity index is 969. The number of methoxy groups -OCH3 is 1. The summed E-state index contributed by atoms with van der Waals surface area (Å²) in [6.45, 7) is 0. The monoisotopic (exact) mass is 431 g/mol. The summed E-state index contributed by atoms with van der Waals surface area (Å²) in [4.78, 5) is 23.9. The maximum atomic E-state index is 12.2. The number of hydrogen-bond donors (Lipinski definition) is 1. The van der Waals surface area contributed by atoms with E-state index in [2.05, 4.69) is 36.5 Å². The third-order valence-electron chi connectivity index (χ3n) is 2.70. The van der Waals surface area contributed by atoms with Gasteiger partial charge in [-0.1, -0.05) is 22.9 Å². The van der Waals surface area contributed by atoms with Gasteiger partial charge in [-0.15, -0.1) is 10.2 Å². The highest BCUT2D eigenvalue weighted by molar-refractivity contribution is 9.10. The van der Waals surface area contributed by atoms with Crippen LogP contribution in [0, 0.1) is 0 Å². The highest BCUT2D eigenvalue weighted by Gasteiger charge is 2.18. The van der Waals surface area contributed by atoms with Crippen LogP contribution < -0.4 is 15.7 Å². The molecule has 9 nitrogen and oxygen atoms in total. The Morgan fingerprint density at radius 3 is 2.92 bits per heavy atom. The summed E-state index contributed by atoms with van der Waals surface area (Å²) in [6.07, 6.45) is 1.51. The van der Waals surface area contributed by atoms with Gasteiger partial charge in [0.1, 0.15) is 5.15 Å². The lowest BCUT2D eigenvalue weighted by Gasteiger charge is -2.03. The lowest BCUT2D eigenvalue weighted by molar-refractivity contribution is 0.0991. The zero-order valence-electron chi connectivity index (χ0n) is 11.8. The number of carbonyl (C=O) groups excluding carboxylic acids is 1. The Morgan fingerprint density at radius 1 is 1.50 bits per heavy atom. The first-order valence-corrected chi connectivity index (χ1v) is 8.20.